The molecule has 2 heterocycles. The van der Waals surface area contributed by atoms with Gasteiger partial charge in [0.1, 0.15) is 30.3 Å². The summed E-state index contributed by atoms with van der Waals surface area (Å²) in [5.74, 6) is -3.20. The number of carbonyl (C=O) groups is 2. The Morgan fingerprint density at radius 1 is 0.917 bits per heavy atom. The molecule has 9 rings (SSSR count). The summed E-state index contributed by atoms with van der Waals surface area (Å²) in [6, 6.07) is 28.5. The fourth-order valence-electron chi connectivity index (χ4n) is 9.69. The number of hydrogen-bond donors (Lipinski definition) is 2. The van der Waals surface area contributed by atoms with Gasteiger partial charge < -0.3 is 24.2 Å². The van der Waals surface area contributed by atoms with Crippen molar-refractivity contribution in [1.29, 1.82) is 0 Å². The molecule has 0 saturated carbocycles. The number of ketones is 2. The highest BCUT2D eigenvalue weighted by atomic mass is 35.5. The highest BCUT2D eigenvalue weighted by Crippen LogP contribution is 2.57. The molecule has 60 heavy (non-hydrogen) atoms. The number of fused-ring (bicyclic) bond motifs is 5. The third-order valence-corrected chi connectivity index (χ3v) is 13.0. The standard InChI is InChI=1S/C49H46ClN3O7/c1-3-20-53(21-4-2)43-37-24-34-23-36-40(44(54)39(34)46(55)49(37,57)47(56)41-45(43)60-51-48(41)59-29-31-15-9-6-10-16-31)38(58-28-30-13-7-5-8-14-30)25-35(42(36)50)27-52-22-19-32-17-11-12-18-33(32)26-52/h3-18,25,34,37,43,55,57H,1-2,19-24,26-29H2/t34-,37-,43-,49-/m0/s1. The highest BCUT2D eigenvalue weighted by Gasteiger charge is 2.64. The third kappa shape index (κ3) is 6.87. The Labute approximate surface area is 354 Å². The molecule has 4 atom stereocenters. The summed E-state index contributed by atoms with van der Waals surface area (Å²) in [4.78, 5) is 34.2. The number of hydrogen-bond acceptors (Lipinski definition) is 10. The predicted molar refractivity (Wildman–Crippen MR) is 227 cm³/mol. The first kappa shape index (κ1) is 39.7. The minimum absolute atomic E-state index is 0.0278. The van der Waals surface area contributed by atoms with Crippen molar-refractivity contribution in [3.63, 3.8) is 0 Å². The van der Waals surface area contributed by atoms with Crippen molar-refractivity contribution in [2.45, 2.75) is 57.2 Å². The van der Waals surface area contributed by atoms with Crippen molar-refractivity contribution in [1.82, 2.24) is 15.0 Å². The van der Waals surface area contributed by atoms with Crippen molar-refractivity contribution < 1.29 is 33.8 Å². The van der Waals surface area contributed by atoms with Crippen molar-refractivity contribution in [3.05, 3.63) is 183 Å². The second kappa shape index (κ2) is 16.3. The maximum Gasteiger partial charge on any atom is 0.265 e. The lowest BCUT2D eigenvalue weighted by Gasteiger charge is -2.50. The van der Waals surface area contributed by atoms with Gasteiger partial charge in [0.2, 0.25) is 5.78 Å². The van der Waals surface area contributed by atoms with Crippen LogP contribution in [0.2, 0.25) is 5.02 Å². The van der Waals surface area contributed by atoms with Crippen LogP contribution in [0.25, 0.3) is 0 Å². The van der Waals surface area contributed by atoms with E-state index >= 15 is 4.79 Å². The summed E-state index contributed by atoms with van der Waals surface area (Å²) < 4.78 is 18.5. The second-order valence-corrected chi connectivity index (χ2v) is 16.5. The van der Waals surface area contributed by atoms with E-state index in [0.29, 0.717) is 36.0 Å². The van der Waals surface area contributed by atoms with Gasteiger partial charge in [0.15, 0.2) is 17.1 Å². The van der Waals surface area contributed by atoms with Gasteiger partial charge in [-0.1, -0.05) is 109 Å². The molecule has 11 heteroatoms. The highest BCUT2D eigenvalue weighted by molar-refractivity contribution is 6.33. The summed E-state index contributed by atoms with van der Waals surface area (Å²) in [7, 11) is 0. The number of aromatic nitrogens is 1. The predicted octanol–water partition coefficient (Wildman–Crippen LogP) is 8.57. The minimum Gasteiger partial charge on any atom is -0.508 e. The van der Waals surface area contributed by atoms with Gasteiger partial charge in [-0.05, 0) is 69.8 Å². The smallest absolute Gasteiger partial charge is 0.265 e. The van der Waals surface area contributed by atoms with Crippen LogP contribution in [-0.4, -0.2) is 62.0 Å². The Balaban J connectivity index is 1.13. The van der Waals surface area contributed by atoms with Gasteiger partial charge in [-0.3, -0.25) is 19.4 Å². The van der Waals surface area contributed by atoms with Crippen LogP contribution in [0.4, 0.5) is 0 Å². The van der Waals surface area contributed by atoms with Gasteiger partial charge >= 0.3 is 0 Å². The zero-order valence-corrected chi connectivity index (χ0v) is 33.9. The number of halogens is 1. The lowest BCUT2D eigenvalue weighted by atomic mass is 9.58. The Morgan fingerprint density at radius 3 is 2.25 bits per heavy atom. The molecule has 0 bridgehead atoms. The lowest BCUT2D eigenvalue weighted by molar-refractivity contribution is -0.0601. The number of allylic oxidation sites excluding steroid dienone is 1. The van der Waals surface area contributed by atoms with Crippen LogP contribution in [0.3, 0.4) is 0 Å². The molecule has 1 aromatic heterocycles. The van der Waals surface area contributed by atoms with Crippen molar-refractivity contribution >= 4 is 23.2 Å². The first-order valence-corrected chi connectivity index (χ1v) is 20.8. The van der Waals surface area contributed by atoms with E-state index in [1.54, 1.807) is 12.2 Å². The number of benzene rings is 4. The van der Waals surface area contributed by atoms with E-state index in [0.717, 1.165) is 36.2 Å². The Hall–Kier alpha value is -5.78. The third-order valence-electron chi connectivity index (χ3n) is 12.5. The molecule has 5 aromatic rings. The largest absolute Gasteiger partial charge is 0.508 e. The quantitative estimate of drug-likeness (QED) is 0.112. The number of ether oxygens (including phenoxy) is 2. The summed E-state index contributed by atoms with van der Waals surface area (Å²) in [6.07, 6.45) is 4.75. The van der Waals surface area contributed by atoms with Crippen LogP contribution in [0.5, 0.6) is 11.6 Å². The maximum atomic E-state index is 15.1. The topological polar surface area (TPSA) is 126 Å². The minimum atomic E-state index is -2.52. The van der Waals surface area contributed by atoms with Crippen LogP contribution in [0.1, 0.15) is 72.3 Å². The average Bonchev–Trinajstić information content (AvgIpc) is 3.69. The van der Waals surface area contributed by atoms with E-state index in [1.807, 2.05) is 71.6 Å². The SMILES string of the molecule is C=CCN(CC=C)[C@@H]1c2onc(OCc3ccccc3)c2C(=O)[C@@]2(O)C(O)=C3C(=O)c4c(OCc5ccccc5)cc(CN5CCc6ccccc6C5)c(Cl)c4C[C@H]3C[C@@H]12. The monoisotopic (exact) mass is 823 g/mol. The molecule has 2 N–H and O–H groups in total. The molecule has 3 aliphatic carbocycles. The van der Waals surface area contributed by atoms with Gasteiger partial charge in [0, 0.05) is 49.2 Å². The zero-order valence-electron chi connectivity index (χ0n) is 33.2. The van der Waals surface area contributed by atoms with Crippen molar-refractivity contribution in [3.8, 4) is 11.6 Å². The number of aliphatic hydroxyl groups excluding tert-OH is 1. The number of nitrogens with zero attached hydrogens (tertiary/aromatic N) is 3. The number of aliphatic hydroxyl groups is 2. The molecule has 0 amide bonds. The average molecular weight is 824 g/mol. The first-order valence-electron chi connectivity index (χ1n) is 20.4. The molecule has 4 aromatic carbocycles. The first-order chi connectivity index (χ1) is 29.2. The van der Waals surface area contributed by atoms with Crippen molar-refractivity contribution in [2.75, 3.05) is 19.6 Å². The summed E-state index contributed by atoms with van der Waals surface area (Å²) in [6.45, 7) is 11.0. The molecule has 1 aliphatic heterocycles. The normalized spacial score (nSPS) is 22.0. The molecule has 0 radical (unpaired) electrons. The Morgan fingerprint density at radius 2 is 1.57 bits per heavy atom. The Kier molecular flexibility index (Phi) is 10.8. The molecule has 0 unspecified atom stereocenters. The van der Waals surface area contributed by atoms with E-state index in [9.17, 15) is 15.0 Å². The Bertz CT molecular complexity index is 2510. The second-order valence-electron chi connectivity index (χ2n) is 16.1. The molecular formula is C49H46ClN3O7. The summed E-state index contributed by atoms with van der Waals surface area (Å²) in [5, 5.41) is 29.9. The van der Waals surface area contributed by atoms with Crippen LogP contribution >= 0.6 is 11.6 Å². The molecule has 10 nitrogen and oxygen atoms in total. The van der Waals surface area contributed by atoms with E-state index in [4.69, 9.17) is 25.6 Å². The van der Waals surface area contributed by atoms with E-state index in [2.05, 4.69) is 47.5 Å². The van der Waals surface area contributed by atoms with E-state index in [1.165, 1.54) is 11.1 Å². The summed E-state index contributed by atoms with van der Waals surface area (Å²) in [5.41, 5.74) is 3.40. The van der Waals surface area contributed by atoms with Crippen LogP contribution in [0.15, 0.2) is 132 Å². The number of Topliss-reactive ketones (excluding diaryl/α,β-unsaturated/α-hetero) is 2. The molecule has 4 aliphatic rings. The van der Waals surface area contributed by atoms with E-state index < -0.39 is 40.8 Å². The fraction of sp³-hybridized carbons (Fsp3) is 0.286. The van der Waals surface area contributed by atoms with Gasteiger partial charge in [-0.2, -0.15) is 0 Å². The van der Waals surface area contributed by atoms with Gasteiger partial charge in [0.25, 0.3) is 5.88 Å². The number of rotatable bonds is 13. The summed E-state index contributed by atoms with van der Waals surface area (Å²) >= 11 is 7.38. The molecule has 306 valence electrons. The zero-order chi connectivity index (χ0) is 41.5. The van der Waals surface area contributed by atoms with Crippen LogP contribution in [0, 0.1) is 11.8 Å². The van der Waals surface area contributed by atoms with Gasteiger partial charge in [0.05, 0.1) is 11.6 Å². The fourth-order valence-corrected chi connectivity index (χ4v) is 9.98. The van der Waals surface area contributed by atoms with Crippen LogP contribution in [-0.2, 0) is 39.1 Å². The van der Waals surface area contributed by atoms with Crippen LogP contribution < -0.4 is 9.47 Å². The number of carbonyl (C=O) groups excluding carboxylic acids is 2. The van der Waals surface area contributed by atoms with E-state index in [-0.39, 0.29) is 54.4 Å². The van der Waals surface area contributed by atoms with Crippen molar-refractivity contribution in [2.24, 2.45) is 11.8 Å². The van der Waals surface area contributed by atoms with Gasteiger partial charge in [-0.15, -0.1) is 13.2 Å². The maximum absolute atomic E-state index is 15.1. The van der Waals surface area contributed by atoms with Gasteiger partial charge in [-0.25, -0.2) is 0 Å². The molecular weight excluding hydrogens is 778 g/mol. The molecule has 0 spiro atoms. The lowest BCUT2D eigenvalue weighted by Crippen LogP contribution is -2.60. The molecule has 0 fully saturated rings. The molecule has 0 saturated heterocycles.